The van der Waals surface area contributed by atoms with Gasteiger partial charge in [-0.05, 0) is 0 Å². The summed E-state index contributed by atoms with van der Waals surface area (Å²) in [5.74, 6) is 0.431. The van der Waals surface area contributed by atoms with Crippen LogP contribution >= 0.6 is 0 Å². The van der Waals surface area contributed by atoms with Crippen LogP contribution in [0.3, 0.4) is 0 Å². The number of anilines is 2. The molecule has 1 aromatic rings. The molecule has 0 radical (unpaired) electrons. The fourth-order valence-corrected chi connectivity index (χ4v) is 1.09. The first-order chi connectivity index (χ1) is 6.09. The van der Waals surface area contributed by atoms with Crippen LogP contribution in [0.25, 0.3) is 0 Å². The van der Waals surface area contributed by atoms with Gasteiger partial charge in [0.2, 0.25) is 0 Å². The second kappa shape index (κ2) is 3.53. The van der Waals surface area contributed by atoms with E-state index < -0.39 is 0 Å². The lowest BCUT2D eigenvalue weighted by Gasteiger charge is -2.01. The monoisotopic (exact) mass is 185 g/mol. The van der Waals surface area contributed by atoms with E-state index in [1.807, 2.05) is 0 Å². The van der Waals surface area contributed by atoms with Crippen LogP contribution in [0.1, 0.15) is 0 Å². The Morgan fingerprint density at radius 3 is 2.38 bits per heavy atom. The number of rotatable bonds is 3. The third-order valence-electron chi connectivity index (χ3n) is 2.01. The van der Waals surface area contributed by atoms with Crippen molar-refractivity contribution in [3.05, 3.63) is 10.4 Å². The fourth-order valence-electron chi connectivity index (χ4n) is 1.09. The van der Waals surface area contributed by atoms with Gasteiger partial charge in [-0.3, -0.25) is 14.2 Å². The summed E-state index contributed by atoms with van der Waals surface area (Å²) in [6.45, 7) is 1.01. The number of nitrogens with zero attached hydrogens (tertiary/aromatic N) is 2. The van der Waals surface area contributed by atoms with Crippen molar-refractivity contribution in [3.8, 4) is 0 Å². The minimum Gasteiger partial charge on any atom is -0.382 e. The Hall–Kier alpha value is -1.43. The predicted molar refractivity (Wildman–Crippen MR) is 52.6 cm³/mol. The van der Waals surface area contributed by atoms with E-state index in [4.69, 9.17) is 11.5 Å². The third-order valence-corrected chi connectivity index (χ3v) is 2.01. The number of nitrogens with one attached hydrogen (secondary N) is 1. The Labute approximate surface area is 76.1 Å². The quantitative estimate of drug-likeness (QED) is 0.544. The van der Waals surface area contributed by atoms with Gasteiger partial charge >= 0.3 is 0 Å². The van der Waals surface area contributed by atoms with Crippen molar-refractivity contribution in [1.82, 2.24) is 9.36 Å². The van der Waals surface area contributed by atoms with Gasteiger partial charge in [0.1, 0.15) is 11.5 Å². The van der Waals surface area contributed by atoms with Gasteiger partial charge in [-0.2, -0.15) is 0 Å². The molecule has 6 heteroatoms. The maximum absolute atomic E-state index is 11.5. The normalized spacial score (nSPS) is 10.4. The Balaban J connectivity index is 3.07. The summed E-state index contributed by atoms with van der Waals surface area (Å²) in [6.07, 6.45) is 0. The standard InChI is InChI=1S/C7H15N5O/c1-11-6(9)5(10-4-3-8)7(13)12(11)2/h10H,3-4,8-9H2,1-2H3. The highest BCUT2D eigenvalue weighted by molar-refractivity contribution is 5.61. The summed E-state index contributed by atoms with van der Waals surface area (Å²) in [5.41, 5.74) is 11.3. The van der Waals surface area contributed by atoms with Crippen LogP contribution in [-0.2, 0) is 14.1 Å². The first-order valence-electron chi connectivity index (χ1n) is 4.05. The number of nitrogen functional groups attached to an aromatic ring is 1. The van der Waals surface area contributed by atoms with E-state index in [-0.39, 0.29) is 5.56 Å². The van der Waals surface area contributed by atoms with Gasteiger partial charge in [0, 0.05) is 27.2 Å². The molecule has 0 unspecified atom stereocenters. The lowest BCUT2D eigenvalue weighted by Crippen LogP contribution is -2.21. The van der Waals surface area contributed by atoms with Crippen molar-refractivity contribution in [2.45, 2.75) is 0 Å². The van der Waals surface area contributed by atoms with E-state index in [0.29, 0.717) is 24.6 Å². The summed E-state index contributed by atoms with van der Waals surface area (Å²) in [5, 5.41) is 2.89. The molecule has 6 nitrogen and oxygen atoms in total. The van der Waals surface area contributed by atoms with Crippen LogP contribution < -0.4 is 22.3 Å². The van der Waals surface area contributed by atoms with Gasteiger partial charge in [0.15, 0.2) is 0 Å². The maximum Gasteiger partial charge on any atom is 0.292 e. The van der Waals surface area contributed by atoms with Crippen LogP contribution in [0.4, 0.5) is 11.5 Å². The Morgan fingerprint density at radius 2 is 2.00 bits per heavy atom. The summed E-state index contributed by atoms with van der Waals surface area (Å²) in [4.78, 5) is 11.5. The molecule has 5 N–H and O–H groups in total. The summed E-state index contributed by atoms with van der Waals surface area (Å²) < 4.78 is 3.02. The van der Waals surface area contributed by atoms with E-state index in [2.05, 4.69) is 5.32 Å². The summed E-state index contributed by atoms with van der Waals surface area (Å²) in [6, 6.07) is 0. The van der Waals surface area contributed by atoms with Gasteiger partial charge < -0.3 is 16.8 Å². The van der Waals surface area contributed by atoms with E-state index in [9.17, 15) is 4.79 Å². The molecule has 0 aliphatic carbocycles. The summed E-state index contributed by atoms with van der Waals surface area (Å²) >= 11 is 0. The lowest BCUT2D eigenvalue weighted by atomic mass is 10.5. The zero-order chi connectivity index (χ0) is 10.0. The third kappa shape index (κ3) is 1.52. The molecule has 0 aliphatic rings. The molecule has 13 heavy (non-hydrogen) atoms. The molecule has 0 atom stereocenters. The van der Waals surface area contributed by atoms with Crippen molar-refractivity contribution in [3.63, 3.8) is 0 Å². The highest BCUT2D eigenvalue weighted by atomic mass is 16.1. The van der Waals surface area contributed by atoms with Crippen molar-refractivity contribution in [2.75, 3.05) is 24.1 Å². The number of nitrogens with two attached hydrogens (primary N) is 2. The second-order valence-electron chi connectivity index (χ2n) is 2.83. The second-order valence-corrected chi connectivity index (χ2v) is 2.83. The molecule has 1 heterocycles. The highest BCUT2D eigenvalue weighted by Gasteiger charge is 2.11. The minimum atomic E-state index is -0.131. The topological polar surface area (TPSA) is 91.0 Å². The fraction of sp³-hybridized carbons (Fsp3) is 0.571. The molecular formula is C7H15N5O. The predicted octanol–water partition coefficient (Wildman–Crippen LogP) is -1.32. The molecule has 0 amide bonds. The molecule has 1 rings (SSSR count). The van der Waals surface area contributed by atoms with E-state index >= 15 is 0 Å². The highest BCUT2D eigenvalue weighted by Crippen LogP contribution is 2.10. The molecule has 0 bridgehead atoms. The minimum absolute atomic E-state index is 0.131. The van der Waals surface area contributed by atoms with E-state index in [1.165, 1.54) is 4.68 Å². The lowest BCUT2D eigenvalue weighted by molar-refractivity contribution is 0.586. The van der Waals surface area contributed by atoms with Gasteiger partial charge in [0.25, 0.3) is 5.56 Å². The molecule has 0 fully saturated rings. The van der Waals surface area contributed by atoms with Crippen molar-refractivity contribution in [1.29, 1.82) is 0 Å². The Bertz CT molecular complexity index is 351. The van der Waals surface area contributed by atoms with Gasteiger partial charge in [-0.25, -0.2) is 0 Å². The summed E-state index contributed by atoms with van der Waals surface area (Å²) in [7, 11) is 3.39. The zero-order valence-corrected chi connectivity index (χ0v) is 7.87. The van der Waals surface area contributed by atoms with E-state index in [1.54, 1.807) is 18.8 Å². The first-order valence-corrected chi connectivity index (χ1v) is 4.05. The van der Waals surface area contributed by atoms with Crippen LogP contribution in [-0.4, -0.2) is 22.5 Å². The molecule has 0 aromatic carbocycles. The molecule has 1 aromatic heterocycles. The SMILES string of the molecule is Cn1c(N)c(NCCN)c(=O)n1C. The Kier molecular flexibility index (Phi) is 2.62. The molecular weight excluding hydrogens is 170 g/mol. The molecule has 0 saturated carbocycles. The number of hydrogen-bond acceptors (Lipinski definition) is 4. The average molecular weight is 185 g/mol. The zero-order valence-electron chi connectivity index (χ0n) is 7.87. The number of aromatic nitrogens is 2. The average Bonchev–Trinajstić information content (AvgIpc) is 2.30. The molecule has 0 saturated heterocycles. The maximum atomic E-state index is 11.5. The van der Waals surface area contributed by atoms with Crippen molar-refractivity contribution in [2.24, 2.45) is 19.8 Å². The number of hydrogen-bond donors (Lipinski definition) is 3. The smallest absolute Gasteiger partial charge is 0.292 e. The molecule has 0 spiro atoms. The van der Waals surface area contributed by atoms with Crippen molar-refractivity contribution >= 4 is 11.5 Å². The molecule has 0 aliphatic heterocycles. The van der Waals surface area contributed by atoms with E-state index in [0.717, 1.165) is 0 Å². The van der Waals surface area contributed by atoms with Crippen LogP contribution in [0.2, 0.25) is 0 Å². The van der Waals surface area contributed by atoms with Gasteiger partial charge in [-0.15, -0.1) is 0 Å². The van der Waals surface area contributed by atoms with Crippen LogP contribution in [0, 0.1) is 0 Å². The first kappa shape index (κ1) is 9.66. The van der Waals surface area contributed by atoms with Gasteiger partial charge in [0.05, 0.1) is 0 Å². The van der Waals surface area contributed by atoms with Crippen molar-refractivity contribution < 1.29 is 0 Å². The molecule has 74 valence electrons. The van der Waals surface area contributed by atoms with Crippen LogP contribution in [0.5, 0.6) is 0 Å². The Morgan fingerprint density at radius 1 is 1.38 bits per heavy atom. The largest absolute Gasteiger partial charge is 0.382 e. The van der Waals surface area contributed by atoms with Crippen LogP contribution in [0.15, 0.2) is 4.79 Å². The van der Waals surface area contributed by atoms with Gasteiger partial charge in [-0.1, -0.05) is 0 Å².